The normalized spacial score (nSPS) is 17.1. The summed E-state index contributed by atoms with van der Waals surface area (Å²) >= 11 is 8.14. The molecule has 1 atom stereocenters. The van der Waals surface area contributed by atoms with Gasteiger partial charge in [-0.2, -0.15) is 0 Å². The van der Waals surface area contributed by atoms with E-state index in [1.165, 1.54) is 0 Å². The highest BCUT2D eigenvalue weighted by atomic mass is 127. The fraction of sp³-hybridized carbons (Fsp3) is 0.273. The summed E-state index contributed by atoms with van der Waals surface area (Å²) in [6, 6.07) is 5.52. The monoisotopic (exact) mass is 336 g/mol. The van der Waals surface area contributed by atoms with Crippen molar-refractivity contribution in [3.63, 3.8) is 0 Å². The second kappa shape index (κ2) is 4.72. The first-order valence-electron chi connectivity index (χ1n) is 4.64. The lowest BCUT2D eigenvalue weighted by Crippen LogP contribution is -2.02. The molecule has 1 aromatic carbocycles. The summed E-state index contributed by atoms with van der Waals surface area (Å²) in [6.45, 7) is 0.657. The van der Waals surface area contributed by atoms with Crippen LogP contribution in [-0.2, 0) is 4.74 Å². The largest absolute Gasteiger partial charge is 0.495 e. The minimum Gasteiger partial charge on any atom is -0.495 e. The number of hydrogen-bond acceptors (Lipinski definition) is 2. The van der Waals surface area contributed by atoms with Crippen LogP contribution >= 0.6 is 34.2 Å². The van der Waals surface area contributed by atoms with Crippen LogP contribution in [0.3, 0.4) is 0 Å². The molecule has 1 aliphatic heterocycles. The number of benzene rings is 1. The molecule has 0 aliphatic carbocycles. The summed E-state index contributed by atoms with van der Waals surface area (Å²) in [4.78, 5) is 0. The van der Waals surface area contributed by atoms with Gasteiger partial charge in [-0.1, -0.05) is 17.7 Å². The van der Waals surface area contributed by atoms with Crippen LogP contribution < -0.4 is 0 Å². The fourth-order valence-electron chi connectivity index (χ4n) is 1.47. The predicted molar refractivity (Wildman–Crippen MR) is 67.8 cm³/mol. The molecule has 2 nitrogen and oxygen atoms in total. The second-order valence-corrected chi connectivity index (χ2v) is 4.89. The number of ether oxygens (including phenoxy) is 1. The van der Waals surface area contributed by atoms with Gasteiger partial charge in [0.2, 0.25) is 0 Å². The predicted octanol–water partition coefficient (Wildman–Crippen LogP) is 3.28. The number of hydrogen-bond donors (Lipinski definition) is 1. The Morgan fingerprint density at radius 3 is 2.87 bits per heavy atom. The molecule has 0 saturated carbocycles. The van der Waals surface area contributed by atoms with Gasteiger partial charge in [0.1, 0.15) is 11.9 Å². The second-order valence-electron chi connectivity index (χ2n) is 3.32. The van der Waals surface area contributed by atoms with Gasteiger partial charge in [-0.15, -0.1) is 0 Å². The maximum atomic E-state index is 9.98. The van der Waals surface area contributed by atoms with Crippen molar-refractivity contribution in [2.75, 3.05) is 6.61 Å². The first-order valence-corrected chi connectivity index (χ1v) is 6.10. The molecule has 0 aromatic heterocycles. The van der Waals surface area contributed by atoms with E-state index in [0.717, 1.165) is 15.6 Å². The van der Waals surface area contributed by atoms with Crippen LogP contribution in [0.2, 0.25) is 5.02 Å². The van der Waals surface area contributed by atoms with Gasteiger partial charge in [0.05, 0.1) is 11.6 Å². The van der Waals surface area contributed by atoms with E-state index in [2.05, 4.69) is 22.6 Å². The third-order valence-corrected chi connectivity index (χ3v) is 3.83. The molecule has 80 valence electrons. The zero-order chi connectivity index (χ0) is 10.8. The minimum absolute atomic E-state index is 0.632. The van der Waals surface area contributed by atoms with Gasteiger partial charge in [0.25, 0.3) is 0 Å². The summed E-state index contributed by atoms with van der Waals surface area (Å²) < 4.78 is 6.28. The summed E-state index contributed by atoms with van der Waals surface area (Å²) in [6.07, 6.45) is 2.09. The van der Waals surface area contributed by atoms with Crippen molar-refractivity contribution in [2.24, 2.45) is 0 Å². The Kier molecular flexibility index (Phi) is 3.53. The molecular weight excluding hydrogens is 326 g/mol. The molecule has 0 saturated heterocycles. The van der Waals surface area contributed by atoms with Crippen molar-refractivity contribution in [2.45, 2.75) is 12.5 Å². The van der Waals surface area contributed by atoms with Gasteiger partial charge in [0, 0.05) is 9.99 Å². The van der Waals surface area contributed by atoms with E-state index < -0.39 is 6.10 Å². The number of rotatable bonds is 2. The van der Waals surface area contributed by atoms with E-state index in [0.29, 0.717) is 17.4 Å². The zero-order valence-electron chi connectivity index (χ0n) is 7.91. The maximum absolute atomic E-state index is 9.98. The Morgan fingerprint density at radius 1 is 1.47 bits per heavy atom. The molecule has 15 heavy (non-hydrogen) atoms. The fourth-order valence-corrected chi connectivity index (χ4v) is 2.00. The Hall–Kier alpha value is -0.260. The molecule has 1 N–H and O–H groups in total. The van der Waals surface area contributed by atoms with Crippen molar-refractivity contribution < 1.29 is 9.84 Å². The van der Waals surface area contributed by atoms with E-state index in [1.54, 1.807) is 6.07 Å². The molecule has 0 spiro atoms. The van der Waals surface area contributed by atoms with Crippen LogP contribution in [0.1, 0.15) is 18.1 Å². The van der Waals surface area contributed by atoms with Crippen LogP contribution in [0.4, 0.5) is 0 Å². The average Bonchev–Trinajstić information content (AvgIpc) is 2.74. The summed E-state index contributed by atoms with van der Waals surface area (Å²) in [7, 11) is 0. The molecule has 0 bridgehead atoms. The van der Waals surface area contributed by atoms with Gasteiger partial charge in [-0.25, -0.2) is 0 Å². The van der Waals surface area contributed by atoms with Crippen LogP contribution in [0.15, 0.2) is 30.0 Å². The molecule has 0 fully saturated rings. The van der Waals surface area contributed by atoms with E-state index >= 15 is 0 Å². The SMILES string of the molecule is OC(C1=CCCO1)c1ccc(I)c(Cl)c1. The number of halogens is 2. The molecular formula is C11H10ClIO2. The molecule has 1 aliphatic rings. The third kappa shape index (κ3) is 2.46. The lowest BCUT2D eigenvalue weighted by Gasteiger charge is -2.13. The van der Waals surface area contributed by atoms with Crippen LogP contribution in [-0.4, -0.2) is 11.7 Å². The highest BCUT2D eigenvalue weighted by Gasteiger charge is 2.18. The van der Waals surface area contributed by atoms with Crippen molar-refractivity contribution in [1.29, 1.82) is 0 Å². The van der Waals surface area contributed by atoms with Crippen molar-refractivity contribution >= 4 is 34.2 Å². The third-order valence-electron chi connectivity index (χ3n) is 2.26. The van der Waals surface area contributed by atoms with E-state index in [4.69, 9.17) is 16.3 Å². The Labute approximate surface area is 107 Å². The molecule has 0 radical (unpaired) electrons. The van der Waals surface area contributed by atoms with E-state index in [9.17, 15) is 5.11 Å². The van der Waals surface area contributed by atoms with Gasteiger partial charge in [-0.3, -0.25) is 0 Å². The van der Waals surface area contributed by atoms with E-state index in [-0.39, 0.29) is 0 Å². The van der Waals surface area contributed by atoms with Crippen molar-refractivity contribution in [3.8, 4) is 0 Å². The average molecular weight is 337 g/mol. The van der Waals surface area contributed by atoms with E-state index in [1.807, 2.05) is 18.2 Å². The first kappa shape index (κ1) is 11.2. The molecule has 1 aromatic rings. The molecule has 1 unspecified atom stereocenters. The van der Waals surface area contributed by atoms with Gasteiger partial charge in [0.15, 0.2) is 0 Å². The topological polar surface area (TPSA) is 29.5 Å². The summed E-state index contributed by atoms with van der Waals surface area (Å²) in [5, 5.41) is 10.6. The molecule has 1 heterocycles. The molecule has 2 rings (SSSR count). The standard InChI is InChI=1S/C11H10ClIO2/c12-8-6-7(3-4-9(8)13)11(14)10-2-1-5-15-10/h2-4,6,11,14H,1,5H2. The molecule has 0 amide bonds. The lowest BCUT2D eigenvalue weighted by molar-refractivity contribution is 0.119. The highest BCUT2D eigenvalue weighted by molar-refractivity contribution is 14.1. The lowest BCUT2D eigenvalue weighted by atomic mass is 10.1. The van der Waals surface area contributed by atoms with Crippen LogP contribution in [0.25, 0.3) is 0 Å². The van der Waals surface area contributed by atoms with Gasteiger partial charge >= 0.3 is 0 Å². The Balaban J connectivity index is 2.25. The van der Waals surface area contributed by atoms with Crippen molar-refractivity contribution in [1.82, 2.24) is 0 Å². The quantitative estimate of drug-likeness (QED) is 0.840. The highest BCUT2D eigenvalue weighted by Crippen LogP contribution is 2.29. The minimum atomic E-state index is -0.693. The number of aliphatic hydroxyl groups excluding tert-OH is 1. The summed E-state index contributed by atoms with van der Waals surface area (Å²) in [5.74, 6) is 0.632. The zero-order valence-corrected chi connectivity index (χ0v) is 10.8. The Morgan fingerprint density at radius 2 is 2.27 bits per heavy atom. The van der Waals surface area contributed by atoms with Crippen molar-refractivity contribution in [3.05, 3.63) is 44.2 Å². The van der Waals surface area contributed by atoms with Crippen LogP contribution in [0.5, 0.6) is 0 Å². The Bertz CT molecular complexity index is 404. The maximum Gasteiger partial charge on any atom is 0.136 e. The van der Waals surface area contributed by atoms with Gasteiger partial charge in [-0.05, 0) is 46.4 Å². The smallest absolute Gasteiger partial charge is 0.136 e. The first-order chi connectivity index (χ1) is 7.18. The molecule has 4 heteroatoms. The number of aliphatic hydroxyl groups is 1. The van der Waals surface area contributed by atoms with Gasteiger partial charge < -0.3 is 9.84 Å². The summed E-state index contributed by atoms with van der Waals surface area (Å²) in [5.41, 5.74) is 0.772. The van der Waals surface area contributed by atoms with Crippen LogP contribution in [0, 0.1) is 3.57 Å².